The molecule has 1 aromatic carbocycles. The summed E-state index contributed by atoms with van der Waals surface area (Å²) in [5, 5.41) is 13.2. The van der Waals surface area contributed by atoms with Gasteiger partial charge in [-0.2, -0.15) is 0 Å². The van der Waals surface area contributed by atoms with Gasteiger partial charge in [0.25, 0.3) is 0 Å². The highest BCUT2D eigenvalue weighted by Crippen LogP contribution is 2.26. The summed E-state index contributed by atoms with van der Waals surface area (Å²) in [5.74, 6) is -0.199. The Morgan fingerprint density at radius 1 is 1.23 bits per heavy atom. The number of hydrogen-bond acceptors (Lipinski definition) is 4. The maximum atomic E-state index is 13.1. The normalized spacial score (nSPS) is 21.9. The molecule has 0 aromatic heterocycles. The van der Waals surface area contributed by atoms with E-state index < -0.39 is 24.1 Å². The first-order chi connectivity index (χ1) is 14.2. The Balaban J connectivity index is 2.07. The van der Waals surface area contributed by atoms with Gasteiger partial charge < -0.3 is 15.3 Å². The van der Waals surface area contributed by atoms with Crippen LogP contribution >= 0.6 is 0 Å². The first-order valence-electron chi connectivity index (χ1n) is 11.0. The van der Waals surface area contributed by atoms with Crippen molar-refractivity contribution in [3.63, 3.8) is 0 Å². The van der Waals surface area contributed by atoms with E-state index in [9.17, 15) is 19.5 Å². The lowest BCUT2D eigenvalue weighted by Crippen LogP contribution is -2.47. The lowest BCUT2D eigenvalue weighted by molar-refractivity contribution is -0.134. The van der Waals surface area contributed by atoms with E-state index in [1.165, 1.54) is 0 Å². The zero-order chi connectivity index (χ0) is 22.3. The number of benzene rings is 1. The fourth-order valence-corrected chi connectivity index (χ4v) is 4.25. The molecule has 5 atom stereocenters. The van der Waals surface area contributed by atoms with Crippen molar-refractivity contribution in [2.24, 2.45) is 17.8 Å². The van der Waals surface area contributed by atoms with Gasteiger partial charge in [-0.1, -0.05) is 51.1 Å². The van der Waals surface area contributed by atoms with E-state index in [2.05, 4.69) is 5.32 Å². The summed E-state index contributed by atoms with van der Waals surface area (Å²) in [6.07, 6.45) is 1.89. The van der Waals surface area contributed by atoms with E-state index in [0.29, 0.717) is 25.8 Å². The van der Waals surface area contributed by atoms with E-state index in [4.69, 9.17) is 0 Å². The Hall–Kier alpha value is -2.21. The standard InChI is InChI=1S/C24H36N2O4/c1-16(2)10-20(13-23(29)22-11-17(3)14-26(22)15-27)24(30)25-21(18(4)28)12-19-8-6-5-7-9-19/h5-9,15-18,20-22,28H,10-14H2,1-4H3,(H,25,30)/t17-,18?,20-,21+,22+/m1/s1. The average Bonchev–Trinajstić information content (AvgIpc) is 3.08. The van der Waals surface area contributed by atoms with Gasteiger partial charge in [-0.25, -0.2) is 0 Å². The van der Waals surface area contributed by atoms with Crippen LogP contribution in [-0.2, 0) is 20.8 Å². The highest BCUT2D eigenvalue weighted by molar-refractivity contribution is 5.91. The lowest BCUT2D eigenvalue weighted by Gasteiger charge is -2.27. The van der Waals surface area contributed by atoms with Gasteiger partial charge in [0.1, 0.15) is 0 Å². The van der Waals surface area contributed by atoms with Crippen LogP contribution in [0.5, 0.6) is 0 Å². The Kier molecular flexibility index (Phi) is 9.03. The quantitative estimate of drug-likeness (QED) is 0.543. The third-order valence-electron chi connectivity index (χ3n) is 5.84. The minimum atomic E-state index is -0.717. The second-order valence-corrected chi connectivity index (χ2v) is 9.20. The molecule has 6 heteroatoms. The van der Waals surface area contributed by atoms with Gasteiger partial charge in [0, 0.05) is 18.9 Å². The number of likely N-dealkylation sites (tertiary alicyclic amines) is 1. The van der Waals surface area contributed by atoms with E-state index >= 15 is 0 Å². The van der Waals surface area contributed by atoms with Crippen LogP contribution in [0.3, 0.4) is 0 Å². The number of amides is 2. The number of ketones is 1. The molecule has 1 heterocycles. The first-order valence-corrected chi connectivity index (χ1v) is 11.0. The van der Waals surface area contributed by atoms with Crippen LogP contribution in [0.15, 0.2) is 30.3 Å². The summed E-state index contributed by atoms with van der Waals surface area (Å²) in [6, 6.07) is 8.85. The van der Waals surface area contributed by atoms with Gasteiger partial charge in [0.2, 0.25) is 12.3 Å². The Bertz CT molecular complexity index is 704. The minimum Gasteiger partial charge on any atom is -0.391 e. The number of rotatable bonds is 11. The third-order valence-corrected chi connectivity index (χ3v) is 5.84. The van der Waals surface area contributed by atoms with E-state index in [1.54, 1.807) is 11.8 Å². The van der Waals surface area contributed by atoms with Crippen LogP contribution in [0.25, 0.3) is 0 Å². The minimum absolute atomic E-state index is 0.0519. The van der Waals surface area contributed by atoms with E-state index in [0.717, 1.165) is 12.0 Å². The van der Waals surface area contributed by atoms with Gasteiger partial charge in [-0.05, 0) is 43.6 Å². The van der Waals surface area contributed by atoms with Crippen LogP contribution in [-0.4, -0.2) is 52.8 Å². The number of nitrogens with zero attached hydrogens (tertiary/aromatic N) is 1. The molecule has 0 bridgehead atoms. The molecule has 0 radical (unpaired) electrons. The number of Topliss-reactive ketones (excluding diaryl/α,β-unsaturated/α-hetero) is 1. The topological polar surface area (TPSA) is 86.7 Å². The molecule has 0 spiro atoms. The van der Waals surface area contributed by atoms with Gasteiger partial charge in [0.15, 0.2) is 5.78 Å². The van der Waals surface area contributed by atoms with E-state index in [-0.39, 0.29) is 29.9 Å². The molecule has 30 heavy (non-hydrogen) atoms. The van der Waals surface area contributed by atoms with Gasteiger partial charge >= 0.3 is 0 Å². The van der Waals surface area contributed by atoms with Crippen LogP contribution in [0, 0.1) is 17.8 Å². The summed E-state index contributed by atoms with van der Waals surface area (Å²) in [7, 11) is 0. The van der Waals surface area contributed by atoms with Crippen molar-refractivity contribution in [3.8, 4) is 0 Å². The maximum absolute atomic E-state index is 13.1. The molecule has 2 rings (SSSR count). The zero-order valence-electron chi connectivity index (χ0n) is 18.6. The Labute approximate surface area is 180 Å². The van der Waals surface area contributed by atoms with Crippen molar-refractivity contribution in [2.75, 3.05) is 6.54 Å². The zero-order valence-corrected chi connectivity index (χ0v) is 18.6. The molecule has 1 unspecified atom stereocenters. The van der Waals surface area contributed by atoms with Crippen molar-refractivity contribution in [2.45, 2.75) is 71.6 Å². The Morgan fingerprint density at radius 3 is 2.47 bits per heavy atom. The second kappa shape index (κ2) is 11.3. The summed E-state index contributed by atoms with van der Waals surface area (Å²) in [6.45, 7) is 8.33. The summed E-state index contributed by atoms with van der Waals surface area (Å²) in [5.41, 5.74) is 1.03. The molecule has 1 aliphatic heterocycles. The average molecular weight is 417 g/mol. The van der Waals surface area contributed by atoms with Crippen molar-refractivity contribution < 1.29 is 19.5 Å². The predicted octanol–water partition coefficient (Wildman–Crippen LogP) is 2.58. The molecule has 0 saturated carbocycles. The van der Waals surface area contributed by atoms with Crippen LogP contribution in [0.4, 0.5) is 0 Å². The van der Waals surface area contributed by atoms with Gasteiger partial charge in [0.05, 0.1) is 18.2 Å². The highest BCUT2D eigenvalue weighted by Gasteiger charge is 2.36. The first kappa shape index (κ1) is 24.1. The summed E-state index contributed by atoms with van der Waals surface area (Å²) in [4.78, 5) is 38.9. The fraction of sp³-hybridized carbons (Fsp3) is 0.625. The van der Waals surface area contributed by atoms with Gasteiger partial charge in [-0.3, -0.25) is 14.4 Å². The van der Waals surface area contributed by atoms with Crippen molar-refractivity contribution >= 4 is 18.1 Å². The monoisotopic (exact) mass is 416 g/mol. The molecule has 166 valence electrons. The van der Waals surface area contributed by atoms with Crippen molar-refractivity contribution in [1.29, 1.82) is 0 Å². The molecule has 2 N–H and O–H groups in total. The van der Waals surface area contributed by atoms with E-state index in [1.807, 2.05) is 51.1 Å². The fourth-order valence-electron chi connectivity index (χ4n) is 4.25. The third kappa shape index (κ3) is 6.94. The number of hydrogen-bond donors (Lipinski definition) is 2. The van der Waals surface area contributed by atoms with Crippen LogP contribution < -0.4 is 5.32 Å². The summed E-state index contributed by atoms with van der Waals surface area (Å²) >= 11 is 0. The van der Waals surface area contributed by atoms with Crippen LogP contribution in [0.2, 0.25) is 0 Å². The second-order valence-electron chi connectivity index (χ2n) is 9.20. The van der Waals surface area contributed by atoms with Crippen LogP contribution in [0.1, 0.15) is 52.5 Å². The van der Waals surface area contributed by atoms with Gasteiger partial charge in [-0.15, -0.1) is 0 Å². The maximum Gasteiger partial charge on any atom is 0.223 e. The van der Waals surface area contributed by atoms with Crippen molar-refractivity contribution in [1.82, 2.24) is 10.2 Å². The molecular weight excluding hydrogens is 380 g/mol. The number of aliphatic hydroxyl groups excluding tert-OH is 1. The highest BCUT2D eigenvalue weighted by atomic mass is 16.3. The largest absolute Gasteiger partial charge is 0.391 e. The molecular formula is C24H36N2O4. The van der Waals surface area contributed by atoms with Crippen molar-refractivity contribution in [3.05, 3.63) is 35.9 Å². The molecule has 1 saturated heterocycles. The SMILES string of the molecule is CC(C)C[C@H](CC(=O)[C@@H]1C[C@@H](C)CN1C=O)C(=O)N[C@@H](Cc1ccccc1)C(C)O. The number of nitrogens with one attached hydrogen (secondary N) is 1. The lowest BCUT2D eigenvalue weighted by atomic mass is 9.88. The molecule has 1 aromatic rings. The molecule has 1 aliphatic rings. The Morgan fingerprint density at radius 2 is 1.90 bits per heavy atom. The molecule has 1 fully saturated rings. The summed E-state index contributed by atoms with van der Waals surface area (Å²) < 4.78 is 0. The molecule has 0 aliphatic carbocycles. The smallest absolute Gasteiger partial charge is 0.223 e. The molecule has 6 nitrogen and oxygen atoms in total. The molecule has 2 amide bonds. The number of carbonyl (C=O) groups excluding carboxylic acids is 3. The predicted molar refractivity (Wildman–Crippen MR) is 117 cm³/mol. The number of aliphatic hydroxyl groups is 1. The number of carbonyl (C=O) groups is 3.